The lowest BCUT2D eigenvalue weighted by molar-refractivity contribution is -0.127. The number of thiophene rings is 2. The van der Waals surface area contributed by atoms with Crippen LogP contribution in [0.25, 0.3) is 6.08 Å². The molecular weight excluding hydrogens is 338 g/mol. The van der Waals surface area contributed by atoms with E-state index in [0.29, 0.717) is 0 Å². The van der Waals surface area contributed by atoms with E-state index in [1.807, 2.05) is 24.2 Å². The van der Waals surface area contributed by atoms with Gasteiger partial charge in [0, 0.05) is 41.2 Å². The molecule has 0 spiro atoms. The van der Waals surface area contributed by atoms with Gasteiger partial charge in [-0.25, -0.2) is 0 Å². The van der Waals surface area contributed by atoms with Gasteiger partial charge in [-0.05, 0) is 41.0 Å². The van der Waals surface area contributed by atoms with Crippen LogP contribution in [0, 0.1) is 0 Å². The van der Waals surface area contributed by atoms with Gasteiger partial charge in [0.1, 0.15) is 0 Å². The summed E-state index contributed by atoms with van der Waals surface area (Å²) in [5.74, 6) is 0.0501. The molecule has 1 amide bonds. The fourth-order valence-corrected chi connectivity index (χ4v) is 4.86. The minimum atomic E-state index is 0.0334. The highest BCUT2D eigenvalue weighted by atomic mass is 32.1. The summed E-state index contributed by atoms with van der Waals surface area (Å²) in [6, 6.07) is 6.36. The summed E-state index contributed by atoms with van der Waals surface area (Å²) in [6.45, 7) is 0.756. The van der Waals surface area contributed by atoms with Gasteiger partial charge in [-0.15, -0.1) is 22.7 Å². The molecular formula is C18H17N3OS2. The smallest absolute Gasteiger partial charge is 0.247 e. The first-order chi connectivity index (χ1) is 11.7. The highest BCUT2D eigenvalue weighted by Crippen LogP contribution is 2.39. The Labute approximate surface area is 148 Å². The molecule has 0 bridgehead atoms. The van der Waals surface area contributed by atoms with Crippen LogP contribution in [0.15, 0.2) is 47.4 Å². The Morgan fingerprint density at radius 1 is 1.33 bits per heavy atom. The van der Waals surface area contributed by atoms with Crippen LogP contribution < -0.4 is 0 Å². The maximum atomic E-state index is 12.8. The molecule has 0 unspecified atom stereocenters. The molecule has 1 aliphatic heterocycles. The van der Waals surface area contributed by atoms with Crippen molar-refractivity contribution in [3.05, 3.63) is 68.3 Å². The number of nitrogens with zero attached hydrogens (tertiary/aromatic N) is 3. The second-order valence-electron chi connectivity index (χ2n) is 5.78. The van der Waals surface area contributed by atoms with Crippen LogP contribution in [0.2, 0.25) is 0 Å². The monoisotopic (exact) mass is 355 g/mol. The van der Waals surface area contributed by atoms with Crippen LogP contribution in [-0.4, -0.2) is 27.1 Å². The molecule has 4 rings (SSSR count). The van der Waals surface area contributed by atoms with E-state index in [9.17, 15) is 4.79 Å². The SMILES string of the molecule is Cn1cc(/C=C/C(=O)N2CCc3sccc3[C@@H]2c2cccs2)cn1. The summed E-state index contributed by atoms with van der Waals surface area (Å²) in [6.07, 6.45) is 8.09. The fraction of sp³-hybridized carbons (Fsp3) is 0.222. The molecule has 6 heteroatoms. The van der Waals surface area contributed by atoms with Crippen LogP contribution in [0.4, 0.5) is 0 Å². The largest absolute Gasteiger partial charge is 0.327 e. The Kier molecular flexibility index (Phi) is 4.08. The number of aromatic nitrogens is 2. The standard InChI is InChI=1S/C18H17N3OS2/c1-20-12-13(11-19-20)4-5-17(22)21-8-6-15-14(7-10-24-15)18(21)16-3-2-9-23-16/h2-5,7,9-12,18H,6,8H2,1H3/b5-4+/t18-/m1/s1. The number of hydrogen-bond acceptors (Lipinski definition) is 4. The van der Waals surface area contributed by atoms with Crippen molar-refractivity contribution in [3.8, 4) is 0 Å². The van der Waals surface area contributed by atoms with Gasteiger partial charge in [-0.3, -0.25) is 9.48 Å². The topological polar surface area (TPSA) is 38.1 Å². The van der Waals surface area contributed by atoms with Crippen molar-refractivity contribution in [2.45, 2.75) is 12.5 Å². The van der Waals surface area contributed by atoms with Crippen LogP contribution in [0.1, 0.15) is 26.9 Å². The molecule has 0 aromatic carbocycles. The van der Waals surface area contributed by atoms with Crippen molar-refractivity contribution >= 4 is 34.7 Å². The Morgan fingerprint density at radius 2 is 2.25 bits per heavy atom. The number of aryl methyl sites for hydroxylation is 1. The average molecular weight is 355 g/mol. The zero-order valence-corrected chi connectivity index (χ0v) is 14.9. The maximum Gasteiger partial charge on any atom is 0.247 e. The van der Waals surface area contributed by atoms with Crippen molar-refractivity contribution < 1.29 is 4.79 Å². The Bertz CT molecular complexity index is 876. The number of rotatable bonds is 3. The van der Waals surface area contributed by atoms with Gasteiger partial charge in [0.25, 0.3) is 0 Å². The Balaban J connectivity index is 1.63. The zero-order valence-electron chi connectivity index (χ0n) is 13.3. The molecule has 122 valence electrons. The molecule has 0 fully saturated rings. The first-order valence-corrected chi connectivity index (χ1v) is 9.55. The van der Waals surface area contributed by atoms with Gasteiger partial charge < -0.3 is 4.90 Å². The van der Waals surface area contributed by atoms with E-state index in [0.717, 1.165) is 18.5 Å². The third kappa shape index (κ3) is 2.83. The first kappa shape index (κ1) is 15.4. The minimum Gasteiger partial charge on any atom is -0.327 e. The zero-order chi connectivity index (χ0) is 16.5. The van der Waals surface area contributed by atoms with Crippen molar-refractivity contribution in [3.63, 3.8) is 0 Å². The number of hydrogen-bond donors (Lipinski definition) is 0. The van der Waals surface area contributed by atoms with Crippen molar-refractivity contribution in [1.82, 2.24) is 14.7 Å². The second-order valence-corrected chi connectivity index (χ2v) is 7.76. The molecule has 1 aliphatic rings. The molecule has 3 aromatic rings. The highest BCUT2D eigenvalue weighted by Gasteiger charge is 2.32. The van der Waals surface area contributed by atoms with E-state index in [-0.39, 0.29) is 11.9 Å². The van der Waals surface area contributed by atoms with Gasteiger partial charge in [0.2, 0.25) is 5.91 Å². The van der Waals surface area contributed by atoms with Crippen LogP contribution in [0.3, 0.4) is 0 Å². The summed E-state index contributed by atoms with van der Waals surface area (Å²) < 4.78 is 1.73. The molecule has 4 nitrogen and oxygen atoms in total. The van der Waals surface area contributed by atoms with E-state index >= 15 is 0 Å². The molecule has 24 heavy (non-hydrogen) atoms. The molecule has 4 heterocycles. The van der Waals surface area contributed by atoms with Crippen molar-refractivity contribution in [1.29, 1.82) is 0 Å². The molecule has 0 N–H and O–H groups in total. The quantitative estimate of drug-likeness (QED) is 0.672. The Hall–Kier alpha value is -2.18. The predicted molar refractivity (Wildman–Crippen MR) is 98.1 cm³/mol. The third-order valence-electron chi connectivity index (χ3n) is 4.20. The Morgan fingerprint density at radius 3 is 3.00 bits per heavy atom. The average Bonchev–Trinajstić information content (AvgIpc) is 3.32. The van der Waals surface area contributed by atoms with Crippen molar-refractivity contribution in [2.24, 2.45) is 7.05 Å². The van der Waals surface area contributed by atoms with Gasteiger partial charge in [0.15, 0.2) is 0 Å². The summed E-state index contributed by atoms with van der Waals surface area (Å²) in [5, 5.41) is 8.33. The maximum absolute atomic E-state index is 12.8. The van der Waals surface area contributed by atoms with E-state index in [1.165, 1.54) is 15.3 Å². The van der Waals surface area contributed by atoms with E-state index < -0.39 is 0 Å². The lowest BCUT2D eigenvalue weighted by atomic mass is 9.98. The predicted octanol–water partition coefficient (Wildman–Crippen LogP) is 3.73. The first-order valence-electron chi connectivity index (χ1n) is 7.79. The number of carbonyl (C=O) groups excluding carboxylic acids is 1. The van der Waals surface area contributed by atoms with Crippen LogP contribution >= 0.6 is 22.7 Å². The summed E-state index contributed by atoms with van der Waals surface area (Å²) in [7, 11) is 1.87. The second kappa shape index (κ2) is 6.37. The van der Waals surface area contributed by atoms with Gasteiger partial charge in [-0.1, -0.05) is 6.07 Å². The fourth-order valence-electron chi connectivity index (χ4n) is 3.10. The molecule has 0 aliphatic carbocycles. The summed E-state index contributed by atoms with van der Waals surface area (Å²) in [4.78, 5) is 17.4. The number of amides is 1. The van der Waals surface area contributed by atoms with Crippen molar-refractivity contribution in [2.75, 3.05) is 6.54 Å². The summed E-state index contributed by atoms with van der Waals surface area (Å²) in [5.41, 5.74) is 2.21. The molecule has 0 saturated carbocycles. The lowest BCUT2D eigenvalue weighted by Crippen LogP contribution is -2.38. The van der Waals surface area contributed by atoms with Crippen LogP contribution in [0.5, 0.6) is 0 Å². The summed E-state index contributed by atoms with van der Waals surface area (Å²) >= 11 is 3.50. The molecule has 1 atom stereocenters. The number of carbonyl (C=O) groups is 1. The molecule has 3 aromatic heterocycles. The van der Waals surface area contributed by atoms with E-state index in [4.69, 9.17) is 0 Å². The van der Waals surface area contributed by atoms with E-state index in [2.05, 4.69) is 34.1 Å². The molecule has 0 saturated heterocycles. The van der Waals surface area contributed by atoms with Gasteiger partial charge >= 0.3 is 0 Å². The van der Waals surface area contributed by atoms with E-state index in [1.54, 1.807) is 39.6 Å². The molecule has 0 radical (unpaired) electrons. The highest BCUT2D eigenvalue weighted by molar-refractivity contribution is 7.10. The number of fused-ring (bicyclic) bond motifs is 1. The normalized spacial score (nSPS) is 17.4. The third-order valence-corrected chi connectivity index (χ3v) is 6.13. The van der Waals surface area contributed by atoms with Gasteiger partial charge in [-0.2, -0.15) is 5.10 Å². The minimum absolute atomic E-state index is 0.0334. The lowest BCUT2D eigenvalue weighted by Gasteiger charge is -2.34. The van der Waals surface area contributed by atoms with Crippen LogP contribution in [-0.2, 0) is 18.3 Å². The van der Waals surface area contributed by atoms with Gasteiger partial charge in [0.05, 0.1) is 12.2 Å².